The molecular weight excluding hydrogens is 218 g/mol. The summed E-state index contributed by atoms with van der Waals surface area (Å²) >= 11 is 0. The summed E-state index contributed by atoms with van der Waals surface area (Å²) in [6.07, 6.45) is 0.707. The lowest BCUT2D eigenvalue weighted by Gasteiger charge is -2.21. The Balaban J connectivity index is 2.53. The number of nitrogens with one attached hydrogen (secondary N) is 1. The molecule has 17 heavy (non-hydrogen) atoms. The predicted molar refractivity (Wildman–Crippen MR) is 67.3 cm³/mol. The molecule has 0 bridgehead atoms. The van der Waals surface area contributed by atoms with E-state index in [1.165, 1.54) is 7.11 Å². The molecule has 0 heterocycles. The largest absolute Gasteiger partial charge is 0.504 e. The SMILES string of the molecule is CCC(C)(O)CNCc1ccc(O)c(OC)c1. The van der Waals surface area contributed by atoms with Crippen molar-refractivity contribution in [2.24, 2.45) is 0 Å². The first-order valence-corrected chi connectivity index (χ1v) is 5.77. The molecule has 0 aliphatic rings. The summed E-state index contributed by atoms with van der Waals surface area (Å²) < 4.78 is 5.03. The first kappa shape index (κ1) is 13.8. The molecule has 0 saturated heterocycles. The molecular formula is C13H21NO3. The summed E-state index contributed by atoms with van der Waals surface area (Å²) in [7, 11) is 1.52. The van der Waals surface area contributed by atoms with Gasteiger partial charge in [0.2, 0.25) is 0 Å². The van der Waals surface area contributed by atoms with Crippen LogP contribution in [-0.2, 0) is 6.54 Å². The van der Waals surface area contributed by atoms with Crippen molar-refractivity contribution in [1.29, 1.82) is 0 Å². The number of aromatic hydroxyl groups is 1. The third-order valence-corrected chi connectivity index (χ3v) is 2.84. The molecule has 0 fully saturated rings. The van der Waals surface area contributed by atoms with Crippen LogP contribution in [0.3, 0.4) is 0 Å². The van der Waals surface area contributed by atoms with Gasteiger partial charge in [0.05, 0.1) is 12.7 Å². The van der Waals surface area contributed by atoms with E-state index in [9.17, 15) is 10.2 Å². The van der Waals surface area contributed by atoms with Crippen LogP contribution in [-0.4, -0.2) is 29.5 Å². The maximum atomic E-state index is 9.82. The fourth-order valence-corrected chi connectivity index (χ4v) is 1.43. The van der Waals surface area contributed by atoms with Crippen molar-refractivity contribution >= 4 is 0 Å². The van der Waals surface area contributed by atoms with Crippen molar-refractivity contribution in [2.75, 3.05) is 13.7 Å². The molecule has 0 aliphatic carbocycles. The fourth-order valence-electron chi connectivity index (χ4n) is 1.43. The van der Waals surface area contributed by atoms with Gasteiger partial charge in [-0.15, -0.1) is 0 Å². The molecule has 96 valence electrons. The molecule has 0 aromatic heterocycles. The van der Waals surface area contributed by atoms with Crippen LogP contribution in [0.2, 0.25) is 0 Å². The normalized spacial score (nSPS) is 14.4. The second-order valence-corrected chi connectivity index (χ2v) is 4.46. The maximum absolute atomic E-state index is 9.82. The maximum Gasteiger partial charge on any atom is 0.160 e. The Hall–Kier alpha value is -1.26. The molecule has 4 nitrogen and oxygen atoms in total. The molecule has 0 radical (unpaired) electrons. The van der Waals surface area contributed by atoms with Crippen LogP contribution in [0.25, 0.3) is 0 Å². The van der Waals surface area contributed by atoms with Gasteiger partial charge in [-0.1, -0.05) is 13.0 Å². The molecule has 1 rings (SSSR count). The average Bonchev–Trinajstić information content (AvgIpc) is 2.31. The minimum absolute atomic E-state index is 0.136. The molecule has 1 unspecified atom stereocenters. The summed E-state index contributed by atoms with van der Waals surface area (Å²) in [6.45, 7) is 4.92. The van der Waals surface area contributed by atoms with Crippen molar-refractivity contribution < 1.29 is 14.9 Å². The van der Waals surface area contributed by atoms with Crippen LogP contribution in [0.4, 0.5) is 0 Å². The lowest BCUT2D eigenvalue weighted by Crippen LogP contribution is -2.36. The van der Waals surface area contributed by atoms with Crippen LogP contribution in [0.15, 0.2) is 18.2 Å². The van der Waals surface area contributed by atoms with Crippen LogP contribution in [0.1, 0.15) is 25.8 Å². The van der Waals surface area contributed by atoms with Crippen molar-refractivity contribution in [3.05, 3.63) is 23.8 Å². The van der Waals surface area contributed by atoms with Gasteiger partial charge in [0.15, 0.2) is 11.5 Å². The average molecular weight is 239 g/mol. The van der Waals surface area contributed by atoms with E-state index >= 15 is 0 Å². The number of hydrogen-bond acceptors (Lipinski definition) is 4. The van der Waals surface area contributed by atoms with Gasteiger partial charge in [0, 0.05) is 13.1 Å². The van der Waals surface area contributed by atoms with Gasteiger partial charge in [0.25, 0.3) is 0 Å². The topological polar surface area (TPSA) is 61.7 Å². The monoisotopic (exact) mass is 239 g/mol. The van der Waals surface area contributed by atoms with Crippen LogP contribution in [0, 0.1) is 0 Å². The standard InChI is InChI=1S/C13H21NO3/c1-4-13(2,16)9-14-8-10-5-6-11(15)12(7-10)17-3/h5-7,14-16H,4,8-9H2,1-3H3. The highest BCUT2D eigenvalue weighted by Crippen LogP contribution is 2.26. The zero-order chi connectivity index (χ0) is 12.9. The summed E-state index contributed by atoms with van der Waals surface area (Å²) in [6, 6.07) is 5.21. The molecule has 1 atom stereocenters. The van der Waals surface area contributed by atoms with Crippen molar-refractivity contribution in [1.82, 2.24) is 5.32 Å². The second-order valence-electron chi connectivity index (χ2n) is 4.46. The first-order valence-electron chi connectivity index (χ1n) is 5.77. The summed E-state index contributed by atoms with van der Waals surface area (Å²) in [5.41, 5.74) is 0.327. The molecule has 0 amide bonds. The van der Waals surface area contributed by atoms with Gasteiger partial charge in [-0.25, -0.2) is 0 Å². The minimum Gasteiger partial charge on any atom is -0.504 e. The van der Waals surface area contributed by atoms with E-state index in [1.54, 1.807) is 19.1 Å². The van der Waals surface area contributed by atoms with E-state index in [2.05, 4.69) is 5.32 Å². The molecule has 3 N–H and O–H groups in total. The lowest BCUT2D eigenvalue weighted by molar-refractivity contribution is 0.0555. The molecule has 4 heteroatoms. The van der Waals surface area contributed by atoms with Gasteiger partial charge in [-0.05, 0) is 31.0 Å². The number of hydrogen-bond donors (Lipinski definition) is 3. The Bertz CT molecular complexity index is 364. The molecule has 1 aromatic rings. The highest BCUT2D eigenvalue weighted by molar-refractivity contribution is 5.41. The van der Waals surface area contributed by atoms with E-state index in [0.717, 1.165) is 5.56 Å². The molecule has 0 aliphatic heterocycles. The molecule has 0 spiro atoms. The van der Waals surface area contributed by atoms with Gasteiger partial charge in [-0.3, -0.25) is 0 Å². The van der Waals surface area contributed by atoms with Crippen molar-refractivity contribution in [3.63, 3.8) is 0 Å². The summed E-state index contributed by atoms with van der Waals surface area (Å²) in [5.74, 6) is 0.600. The van der Waals surface area contributed by atoms with E-state index < -0.39 is 5.60 Å². The van der Waals surface area contributed by atoms with E-state index in [1.807, 2.05) is 13.0 Å². The van der Waals surface area contributed by atoms with Crippen LogP contribution < -0.4 is 10.1 Å². The number of aliphatic hydroxyl groups is 1. The Labute approximate surface area is 102 Å². The Kier molecular flexibility index (Phi) is 4.78. The zero-order valence-corrected chi connectivity index (χ0v) is 10.7. The number of phenols is 1. The van der Waals surface area contributed by atoms with Gasteiger partial charge < -0.3 is 20.3 Å². The van der Waals surface area contributed by atoms with E-state index in [-0.39, 0.29) is 5.75 Å². The highest BCUT2D eigenvalue weighted by Gasteiger charge is 2.16. The van der Waals surface area contributed by atoms with Gasteiger partial charge in [0.1, 0.15) is 0 Å². The van der Waals surface area contributed by atoms with Crippen LogP contribution in [0.5, 0.6) is 11.5 Å². The molecule has 1 aromatic carbocycles. The number of ether oxygens (including phenoxy) is 1. The lowest BCUT2D eigenvalue weighted by atomic mass is 10.0. The van der Waals surface area contributed by atoms with Crippen LogP contribution >= 0.6 is 0 Å². The first-order chi connectivity index (χ1) is 7.98. The third-order valence-electron chi connectivity index (χ3n) is 2.84. The number of benzene rings is 1. The van der Waals surface area contributed by atoms with Gasteiger partial charge in [-0.2, -0.15) is 0 Å². The van der Waals surface area contributed by atoms with Crippen molar-refractivity contribution in [2.45, 2.75) is 32.4 Å². The summed E-state index contributed by atoms with van der Waals surface area (Å²) in [4.78, 5) is 0. The van der Waals surface area contributed by atoms with E-state index in [4.69, 9.17) is 4.74 Å². The van der Waals surface area contributed by atoms with Crippen molar-refractivity contribution in [3.8, 4) is 11.5 Å². The second kappa shape index (κ2) is 5.89. The van der Waals surface area contributed by atoms with Gasteiger partial charge >= 0.3 is 0 Å². The molecule has 0 saturated carbocycles. The number of methoxy groups -OCH3 is 1. The Morgan fingerprint density at radius 1 is 1.41 bits per heavy atom. The zero-order valence-electron chi connectivity index (χ0n) is 10.7. The number of phenolic OH excluding ortho intramolecular Hbond substituents is 1. The third kappa shape index (κ3) is 4.24. The Morgan fingerprint density at radius 3 is 2.71 bits per heavy atom. The number of rotatable bonds is 6. The quantitative estimate of drug-likeness (QED) is 0.706. The minimum atomic E-state index is -0.680. The van der Waals surface area contributed by atoms with E-state index in [0.29, 0.717) is 25.3 Å². The highest BCUT2D eigenvalue weighted by atomic mass is 16.5. The fraction of sp³-hybridized carbons (Fsp3) is 0.538. The predicted octanol–water partition coefficient (Wildman–Crippen LogP) is 1.65. The summed E-state index contributed by atoms with van der Waals surface area (Å²) in [5, 5.41) is 22.4. The Morgan fingerprint density at radius 2 is 2.12 bits per heavy atom. The smallest absolute Gasteiger partial charge is 0.160 e.